The second-order valence-electron chi connectivity index (χ2n) is 5.93. The van der Waals surface area contributed by atoms with Crippen LogP contribution in [0.4, 0.5) is 4.79 Å². The normalized spacial score (nSPS) is 14.9. The standard InChI is InChI=1S/C16H20BrNO3/c1-4-8-16(2,3)21-15(20)18-9-11-6-5-7-12(17)14(11)13(19)10-18/h5-7H,4,8-10H2,1-3H3. The smallest absolute Gasteiger partial charge is 0.411 e. The molecule has 0 aromatic heterocycles. The van der Waals surface area contributed by atoms with E-state index in [1.165, 1.54) is 4.90 Å². The highest BCUT2D eigenvalue weighted by Crippen LogP contribution is 2.27. The van der Waals surface area contributed by atoms with E-state index in [0.717, 1.165) is 22.9 Å². The van der Waals surface area contributed by atoms with Crippen LogP contribution >= 0.6 is 15.9 Å². The first-order valence-corrected chi connectivity index (χ1v) is 7.92. The Kier molecular flexibility index (Phi) is 4.71. The van der Waals surface area contributed by atoms with Crippen LogP contribution in [0.3, 0.4) is 0 Å². The van der Waals surface area contributed by atoms with Crippen LogP contribution < -0.4 is 0 Å². The highest BCUT2D eigenvalue weighted by atomic mass is 79.9. The number of Topliss-reactive ketones (excluding diaryl/α,β-unsaturated/α-hetero) is 1. The SMILES string of the molecule is CCCC(C)(C)OC(=O)N1CC(=O)c2c(Br)cccc2C1. The molecule has 2 rings (SSSR count). The summed E-state index contributed by atoms with van der Waals surface area (Å²) in [6.45, 7) is 6.31. The van der Waals surface area contributed by atoms with Gasteiger partial charge in [0, 0.05) is 10.0 Å². The predicted molar refractivity (Wildman–Crippen MR) is 84.4 cm³/mol. The van der Waals surface area contributed by atoms with Gasteiger partial charge in [0.1, 0.15) is 5.60 Å². The van der Waals surface area contributed by atoms with Crippen molar-refractivity contribution in [3.63, 3.8) is 0 Å². The fourth-order valence-electron chi connectivity index (χ4n) is 2.61. The monoisotopic (exact) mass is 353 g/mol. The summed E-state index contributed by atoms with van der Waals surface area (Å²) in [6.07, 6.45) is 1.31. The average molecular weight is 354 g/mol. The lowest BCUT2D eigenvalue weighted by Gasteiger charge is -2.32. The molecule has 0 bridgehead atoms. The van der Waals surface area contributed by atoms with E-state index < -0.39 is 11.7 Å². The van der Waals surface area contributed by atoms with Crippen molar-refractivity contribution in [1.29, 1.82) is 0 Å². The van der Waals surface area contributed by atoms with Crippen molar-refractivity contribution in [3.05, 3.63) is 33.8 Å². The third kappa shape index (κ3) is 3.64. The van der Waals surface area contributed by atoms with Gasteiger partial charge in [0.15, 0.2) is 5.78 Å². The average Bonchev–Trinajstić information content (AvgIpc) is 2.37. The van der Waals surface area contributed by atoms with Crippen molar-refractivity contribution in [2.75, 3.05) is 6.54 Å². The number of fused-ring (bicyclic) bond motifs is 1. The molecule has 0 radical (unpaired) electrons. The Morgan fingerprint density at radius 1 is 1.38 bits per heavy atom. The molecular weight excluding hydrogens is 334 g/mol. The van der Waals surface area contributed by atoms with E-state index in [1.807, 2.05) is 39.0 Å². The van der Waals surface area contributed by atoms with Gasteiger partial charge in [0.2, 0.25) is 0 Å². The van der Waals surface area contributed by atoms with E-state index in [-0.39, 0.29) is 12.3 Å². The van der Waals surface area contributed by atoms with Crippen molar-refractivity contribution in [2.45, 2.75) is 45.8 Å². The number of rotatable bonds is 3. The maximum atomic E-state index is 12.3. The molecule has 0 saturated carbocycles. The van der Waals surface area contributed by atoms with E-state index in [4.69, 9.17) is 4.74 Å². The quantitative estimate of drug-likeness (QED) is 0.819. The zero-order chi connectivity index (χ0) is 15.6. The minimum Gasteiger partial charge on any atom is -0.443 e. The Bertz CT molecular complexity index is 569. The van der Waals surface area contributed by atoms with Gasteiger partial charge in [-0.3, -0.25) is 9.69 Å². The lowest BCUT2D eigenvalue weighted by atomic mass is 9.99. The summed E-state index contributed by atoms with van der Waals surface area (Å²) in [5.74, 6) is -0.0611. The minimum absolute atomic E-state index is 0.0611. The fraction of sp³-hybridized carbons (Fsp3) is 0.500. The van der Waals surface area contributed by atoms with Crippen molar-refractivity contribution in [2.24, 2.45) is 0 Å². The lowest BCUT2D eigenvalue weighted by molar-refractivity contribution is 0.00612. The van der Waals surface area contributed by atoms with Gasteiger partial charge >= 0.3 is 6.09 Å². The van der Waals surface area contributed by atoms with Gasteiger partial charge in [-0.1, -0.05) is 41.4 Å². The predicted octanol–water partition coefficient (Wildman–Crippen LogP) is 4.16. The number of nitrogens with zero attached hydrogens (tertiary/aromatic N) is 1. The van der Waals surface area contributed by atoms with E-state index in [0.29, 0.717) is 12.1 Å². The highest BCUT2D eigenvalue weighted by Gasteiger charge is 2.31. The van der Waals surface area contributed by atoms with E-state index in [1.54, 1.807) is 0 Å². The molecule has 114 valence electrons. The van der Waals surface area contributed by atoms with Crippen molar-refractivity contribution < 1.29 is 14.3 Å². The third-order valence-corrected chi connectivity index (χ3v) is 4.21. The van der Waals surface area contributed by atoms with Crippen LogP contribution in [-0.4, -0.2) is 28.9 Å². The van der Waals surface area contributed by atoms with E-state index in [2.05, 4.69) is 15.9 Å². The van der Waals surface area contributed by atoms with Crippen molar-refractivity contribution >= 4 is 27.8 Å². The molecule has 1 heterocycles. The molecule has 1 aliphatic rings. The second-order valence-corrected chi connectivity index (χ2v) is 6.79. The molecule has 0 N–H and O–H groups in total. The molecule has 1 aromatic rings. The molecule has 1 amide bonds. The largest absolute Gasteiger partial charge is 0.443 e. The Balaban J connectivity index is 2.14. The van der Waals surface area contributed by atoms with Crippen LogP contribution in [0.2, 0.25) is 0 Å². The third-order valence-electron chi connectivity index (χ3n) is 3.55. The summed E-state index contributed by atoms with van der Waals surface area (Å²) in [7, 11) is 0. The minimum atomic E-state index is -0.508. The lowest BCUT2D eigenvalue weighted by Crippen LogP contribution is -2.43. The van der Waals surface area contributed by atoms with E-state index in [9.17, 15) is 9.59 Å². The van der Waals surface area contributed by atoms with Gasteiger partial charge in [-0.15, -0.1) is 0 Å². The van der Waals surface area contributed by atoms with Crippen molar-refractivity contribution in [1.82, 2.24) is 4.90 Å². The summed E-state index contributed by atoms with van der Waals surface area (Å²) in [4.78, 5) is 26.0. The summed E-state index contributed by atoms with van der Waals surface area (Å²) in [5.41, 5.74) is 1.02. The zero-order valence-electron chi connectivity index (χ0n) is 12.6. The Morgan fingerprint density at radius 2 is 2.10 bits per heavy atom. The summed E-state index contributed by atoms with van der Waals surface area (Å²) < 4.78 is 6.32. The molecule has 21 heavy (non-hydrogen) atoms. The first kappa shape index (κ1) is 16.0. The van der Waals surface area contributed by atoms with Crippen LogP contribution in [0.1, 0.15) is 49.5 Å². The number of ketones is 1. The summed E-state index contributed by atoms with van der Waals surface area (Å²) in [5, 5.41) is 0. The number of carbonyl (C=O) groups is 2. The van der Waals surface area contributed by atoms with Crippen molar-refractivity contribution in [3.8, 4) is 0 Å². The molecule has 0 fully saturated rings. The number of benzene rings is 1. The van der Waals surface area contributed by atoms with Gasteiger partial charge in [0.05, 0.1) is 13.1 Å². The maximum absolute atomic E-state index is 12.3. The Hall–Kier alpha value is -1.36. The van der Waals surface area contributed by atoms with Gasteiger partial charge in [0.25, 0.3) is 0 Å². The van der Waals surface area contributed by atoms with Crippen LogP contribution in [0.15, 0.2) is 22.7 Å². The van der Waals surface area contributed by atoms with Gasteiger partial charge in [-0.2, -0.15) is 0 Å². The molecule has 5 heteroatoms. The highest BCUT2D eigenvalue weighted by molar-refractivity contribution is 9.10. The van der Waals surface area contributed by atoms with Crippen LogP contribution in [0, 0.1) is 0 Å². The number of hydrogen-bond acceptors (Lipinski definition) is 3. The Morgan fingerprint density at radius 3 is 2.76 bits per heavy atom. The molecule has 0 aliphatic carbocycles. The van der Waals surface area contributed by atoms with Crippen LogP contribution in [-0.2, 0) is 11.3 Å². The zero-order valence-corrected chi connectivity index (χ0v) is 14.2. The topological polar surface area (TPSA) is 46.6 Å². The molecule has 1 aliphatic heterocycles. The Labute approximate surface area is 133 Å². The van der Waals surface area contributed by atoms with Gasteiger partial charge in [-0.25, -0.2) is 4.79 Å². The molecular formula is C16H20BrNO3. The number of carbonyl (C=O) groups excluding carboxylic acids is 2. The molecule has 0 spiro atoms. The molecule has 1 aromatic carbocycles. The number of ether oxygens (including phenoxy) is 1. The first-order valence-electron chi connectivity index (χ1n) is 7.12. The molecule has 0 unspecified atom stereocenters. The summed E-state index contributed by atoms with van der Waals surface area (Å²) >= 11 is 3.39. The van der Waals surface area contributed by atoms with Gasteiger partial charge in [-0.05, 0) is 31.9 Å². The number of amides is 1. The first-order chi connectivity index (χ1) is 9.84. The number of hydrogen-bond donors (Lipinski definition) is 0. The summed E-state index contributed by atoms with van der Waals surface area (Å²) in [6, 6.07) is 5.58. The van der Waals surface area contributed by atoms with Crippen LogP contribution in [0.5, 0.6) is 0 Å². The molecule has 0 atom stereocenters. The van der Waals surface area contributed by atoms with Crippen LogP contribution in [0.25, 0.3) is 0 Å². The molecule has 0 saturated heterocycles. The molecule has 4 nitrogen and oxygen atoms in total. The van der Waals surface area contributed by atoms with E-state index >= 15 is 0 Å². The fourth-order valence-corrected chi connectivity index (χ4v) is 3.24. The van der Waals surface area contributed by atoms with Gasteiger partial charge < -0.3 is 4.74 Å². The second kappa shape index (κ2) is 6.18. The number of halogens is 1. The maximum Gasteiger partial charge on any atom is 0.411 e.